The molecule has 0 radical (unpaired) electrons. The lowest BCUT2D eigenvalue weighted by molar-refractivity contribution is 0.0705. The zero-order valence-electron chi connectivity index (χ0n) is 13.4. The summed E-state index contributed by atoms with van der Waals surface area (Å²) in [6.07, 6.45) is 4.77. The maximum Gasteiger partial charge on any atom is 0.254 e. The van der Waals surface area contributed by atoms with Gasteiger partial charge in [-0.25, -0.2) is 0 Å². The van der Waals surface area contributed by atoms with Gasteiger partial charge in [-0.3, -0.25) is 4.79 Å². The molecule has 0 atom stereocenters. The first-order valence-electron chi connectivity index (χ1n) is 8.12. The predicted octanol–water partition coefficient (Wildman–Crippen LogP) is 4.11. The third kappa shape index (κ3) is 3.24. The van der Waals surface area contributed by atoms with Crippen LogP contribution in [0.1, 0.15) is 35.0 Å². The van der Waals surface area contributed by atoms with Crippen LogP contribution in [0.4, 0.5) is 0 Å². The van der Waals surface area contributed by atoms with E-state index in [1.807, 2.05) is 29.2 Å². The van der Waals surface area contributed by atoms with Gasteiger partial charge in [-0.2, -0.15) is 0 Å². The second-order valence-electron chi connectivity index (χ2n) is 6.00. The van der Waals surface area contributed by atoms with Crippen molar-refractivity contribution < 1.29 is 13.6 Å². The minimum atomic E-state index is 0.0514. The quantitative estimate of drug-likeness (QED) is 0.659. The summed E-state index contributed by atoms with van der Waals surface area (Å²) < 4.78 is 11.6. The Hall–Kier alpha value is -2.41. The molecule has 0 spiro atoms. The van der Waals surface area contributed by atoms with E-state index in [9.17, 15) is 4.79 Å². The van der Waals surface area contributed by atoms with Crippen molar-refractivity contribution in [2.24, 2.45) is 0 Å². The van der Waals surface area contributed by atoms with Gasteiger partial charge in [0.25, 0.3) is 11.8 Å². The number of carbonyl (C=O) groups excluding carboxylic acids is 1. The highest BCUT2D eigenvalue weighted by Gasteiger charge is 2.28. The fraction of sp³-hybridized carbons (Fsp3) is 0.278. The third-order valence-corrected chi connectivity index (χ3v) is 5.14. The topological polar surface area (TPSA) is 72.4 Å². The van der Waals surface area contributed by atoms with Crippen LogP contribution in [-0.2, 0) is 0 Å². The molecular formula is C18H16BrN3O3. The largest absolute Gasteiger partial charge is 0.472 e. The Morgan fingerprint density at radius 1 is 1.16 bits per heavy atom. The number of piperidine rings is 1. The summed E-state index contributed by atoms with van der Waals surface area (Å²) in [7, 11) is 0. The highest BCUT2D eigenvalue weighted by atomic mass is 79.9. The summed E-state index contributed by atoms with van der Waals surface area (Å²) in [6.45, 7) is 1.35. The number of amides is 1. The van der Waals surface area contributed by atoms with E-state index in [1.165, 1.54) is 0 Å². The molecule has 3 heterocycles. The highest BCUT2D eigenvalue weighted by molar-refractivity contribution is 9.10. The summed E-state index contributed by atoms with van der Waals surface area (Å²) in [5.41, 5.74) is 1.47. The molecule has 1 aliphatic heterocycles. The van der Waals surface area contributed by atoms with Gasteiger partial charge in [0, 0.05) is 23.5 Å². The Morgan fingerprint density at radius 3 is 2.68 bits per heavy atom. The second-order valence-corrected chi connectivity index (χ2v) is 6.86. The molecule has 0 saturated carbocycles. The molecule has 1 amide bonds. The van der Waals surface area contributed by atoms with Crippen molar-refractivity contribution in [1.29, 1.82) is 0 Å². The van der Waals surface area contributed by atoms with Crippen molar-refractivity contribution in [2.45, 2.75) is 18.8 Å². The number of hydrogen-bond donors (Lipinski definition) is 0. The molecule has 1 aromatic carbocycles. The summed E-state index contributed by atoms with van der Waals surface area (Å²) >= 11 is 3.45. The number of halogens is 1. The molecule has 1 saturated heterocycles. The van der Waals surface area contributed by atoms with Gasteiger partial charge in [-0.1, -0.05) is 12.1 Å². The minimum Gasteiger partial charge on any atom is -0.472 e. The van der Waals surface area contributed by atoms with Crippen molar-refractivity contribution in [3.05, 3.63) is 58.8 Å². The number of nitrogens with zero attached hydrogens (tertiary/aromatic N) is 3. The van der Waals surface area contributed by atoms with Crippen LogP contribution in [0, 0.1) is 0 Å². The zero-order chi connectivity index (χ0) is 17.2. The lowest BCUT2D eigenvalue weighted by Crippen LogP contribution is -2.38. The summed E-state index contributed by atoms with van der Waals surface area (Å²) in [5, 5.41) is 8.25. The van der Waals surface area contributed by atoms with E-state index in [2.05, 4.69) is 26.1 Å². The van der Waals surface area contributed by atoms with E-state index in [1.54, 1.807) is 18.6 Å². The first-order valence-corrected chi connectivity index (χ1v) is 8.91. The van der Waals surface area contributed by atoms with Crippen LogP contribution in [0.3, 0.4) is 0 Å². The highest BCUT2D eigenvalue weighted by Crippen LogP contribution is 2.30. The second kappa shape index (κ2) is 6.84. The molecule has 1 aliphatic rings. The molecule has 0 N–H and O–H groups in total. The van der Waals surface area contributed by atoms with Crippen molar-refractivity contribution in [1.82, 2.24) is 15.1 Å². The Labute approximate surface area is 153 Å². The number of hydrogen-bond acceptors (Lipinski definition) is 5. The number of carbonyl (C=O) groups is 1. The Morgan fingerprint density at radius 2 is 1.96 bits per heavy atom. The maximum absolute atomic E-state index is 12.7. The lowest BCUT2D eigenvalue weighted by atomic mass is 9.96. The van der Waals surface area contributed by atoms with E-state index < -0.39 is 0 Å². The normalized spacial score (nSPS) is 15.5. The number of likely N-dealkylation sites (tertiary alicyclic amines) is 1. The first-order chi connectivity index (χ1) is 12.2. The average Bonchev–Trinajstić information content (AvgIpc) is 3.33. The van der Waals surface area contributed by atoms with Gasteiger partial charge in [0.2, 0.25) is 5.89 Å². The Kier molecular flexibility index (Phi) is 4.40. The number of rotatable bonds is 3. The number of furan rings is 1. The Bertz CT molecular complexity index is 867. The van der Waals surface area contributed by atoms with Crippen LogP contribution in [0.2, 0.25) is 0 Å². The van der Waals surface area contributed by atoms with Gasteiger partial charge in [0.1, 0.15) is 6.26 Å². The van der Waals surface area contributed by atoms with Crippen LogP contribution in [-0.4, -0.2) is 34.1 Å². The van der Waals surface area contributed by atoms with E-state index in [4.69, 9.17) is 8.83 Å². The van der Waals surface area contributed by atoms with Gasteiger partial charge in [-0.05, 0) is 47.0 Å². The molecule has 3 aromatic rings. The summed E-state index contributed by atoms with van der Waals surface area (Å²) in [6, 6.07) is 9.29. The molecular weight excluding hydrogens is 386 g/mol. The molecule has 7 heteroatoms. The van der Waals surface area contributed by atoms with Gasteiger partial charge in [-0.15, -0.1) is 10.2 Å². The van der Waals surface area contributed by atoms with Gasteiger partial charge in [0.05, 0.1) is 17.4 Å². The van der Waals surface area contributed by atoms with Gasteiger partial charge >= 0.3 is 0 Å². The number of aromatic nitrogens is 2. The Balaban J connectivity index is 1.42. The molecule has 2 aromatic heterocycles. The summed E-state index contributed by atoms with van der Waals surface area (Å²) in [5.74, 6) is 1.33. The van der Waals surface area contributed by atoms with Crippen LogP contribution < -0.4 is 0 Å². The van der Waals surface area contributed by atoms with Crippen molar-refractivity contribution >= 4 is 21.8 Å². The van der Waals surface area contributed by atoms with E-state index in [0.29, 0.717) is 30.4 Å². The fourth-order valence-electron chi connectivity index (χ4n) is 3.04. The van der Waals surface area contributed by atoms with Gasteiger partial charge in [0.15, 0.2) is 0 Å². The van der Waals surface area contributed by atoms with Crippen LogP contribution in [0.25, 0.3) is 11.5 Å². The van der Waals surface area contributed by atoms with Crippen LogP contribution in [0.5, 0.6) is 0 Å². The average molecular weight is 402 g/mol. The van der Waals surface area contributed by atoms with Crippen LogP contribution >= 0.6 is 15.9 Å². The van der Waals surface area contributed by atoms with Crippen molar-refractivity contribution in [3.63, 3.8) is 0 Å². The SMILES string of the molecule is O=C(c1ccccc1Br)N1CCC(c2nnc(-c3ccoc3)o2)CC1. The van der Waals surface area contributed by atoms with E-state index >= 15 is 0 Å². The molecule has 0 bridgehead atoms. The fourth-order valence-corrected chi connectivity index (χ4v) is 3.49. The smallest absolute Gasteiger partial charge is 0.254 e. The molecule has 1 fully saturated rings. The zero-order valence-corrected chi connectivity index (χ0v) is 15.0. The molecule has 6 nitrogen and oxygen atoms in total. The molecule has 0 unspecified atom stereocenters. The molecule has 0 aliphatic carbocycles. The standard InChI is InChI=1S/C18H16BrN3O3/c19-15-4-2-1-3-14(15)18(23)22-8-5-12(6-9-22)16-20-21-17(25-16)13-7-10-24-11-13/h1-4,7,10-12H,5-6,8-9H2. The van der Waals surface area contributed by atoms with E-state index in [-0.39, 0.29) is 11.8 Å². The number of benzene rings is 1. The van der Waals surface area contributed by atoms with E-state index in [0.717, 1.165) is 22.9 Å². The van der Waals surface area contributed by atoms with Crippen LogP contribution in [0.15, 0.2) is 56.2 Å². The van der Waals surface area contributed by atoms with Gasteiger partial charge < -0.3 is 13.7 Å². The lowest BCUT2D eigenvalue weighted by Gasteiger charge is -2.30. The predicted molar refractivity (Wildman–Crippen MR) is 94.0 cm³/mol. The third-order valence-electron chi connectivity index (χ3n) is 4.44. The monoisotopic (exact) mass is 401 g/mol. The van der Waals surface area contributed by atoms with Crippen molar-refractivity contribution in [2.75, 3.05) is 13.1 Å². The maximum atomic E-state index is 12.7. The molecule has 4 rings (SSSR count). The molecule has 128 valence electrons. The molecule has 25 heavy (non-hydrogen) atoms. The summed E-state index contributed by atoms with van der Waals surface area (Å²) in [4.78, 5) is 14.5. The first kappa shape index (κ1) is 16.1. The minimum absolute atomic E-state index is 0.0514. The van der Waals surface area contributed by atoms with Crippen molar-refractivity contribution in [3.8, 4) is 11.5 Å².